The van der Waals surface area contributed by atoms with Crippen LogP contribution in [0.5, 0.6) is 0 Å². The molecule has 20 heavy (non-hydrogen) atoms. The van der Waals surface area contributed by atoms with E-state index in [0.29, 0.717) is 11.9 Å². The highest BCUT2D eigenvalue weighted by molar-refractivity contribution is 5.87. The lowest BCUT2D eigenvalue weighted by molar-refractivity contribution is -0.114. The summed E-state index contributed by atoms with van der Waals surface area (Å²) in [7, 11) is 0. The summed E-state index contributed by atoms with van der Waals surface area (Å²) in [5.74, 6) is 2.47. The van der Waals surface area contributed by atoms with Crippen LogP contribution in [-0.4, -0.2) is 16.9 Å². The van der Waals surface area contributed by atoms with Gasteiger partial charge >= 0.3 is 0 Å². The van der Waals surface area contributed by atoms with E-state index in [-0.39, 0.29) is 5.91 Å². The molecule has 0 spiro atoms. The molecular weight excluding hydrogens is 250 g/mol. The van der Waals surface area contributed by atoms with E-state index in [9.17, 15) is 4.79 Å². The van der Waals surface area contributed by atoms with Gasteiger partial charge in [0.1, 0.15) is 5.82 Å². The quantitative estimate of drug-likeness (QED) is 0.887. The van der Waals surface area contributed by atoms with Crippen LogP contribution in [0, 0.1) is 11.8 Å². The van der Waals surface area contributed by atoms with Crippen molar-refractivity contribution in [3.63, 3.8) is 0 Å². The number of nitrogens with one attached hydrogen (secondary N) is 2. The molecule has 4 nitrogen and oxygen atoms in total. The summed E-state index contributed by atoms with van der Waals surface area (Å²) in [6.45, 7) is 2.37. The van der Waals surface area contributed by atoms with E-state index >= 15 is 0 Å². The summed E-state index contributed by atoms with van der Waals surface area (Å²) >= 11 is 0. The second-order valence-electron chi connectivity index (χ2n) is 6.33. The number of carbonyl (C=O) groups excluding carboxylic acids is 1. The maximum atomic E-state index is 10.9. The van der Waals surface area contributed by atoms with Crippen LogP contribution in [0.2, 0.25) is 0 Å². The highest BCUT2D eigenvalue weighted by Crippen LogP contribution is 2.41. The number of hydrogen-bond acceptors (Lipinski definition) is 3. The van der Waals surface area contributed by atoms with E-state index < -0.39 is 0 Å². The van der Waals surface area contributed by atoms with Gasteiger partial charge in [-0.2, -0.15) is 0 Å². The zero-order chi connectivity index (χ0) is 13.9. The fraction of sp³-hybridized carbons (Fsp3) is 0.625. The van der Waals surface area contributed by atoms with Crippen molar-refractivity contribution < 1.29 is 4.79 Å². The fourth-order valence-electron chi connectivity index (χ4n) is 3.72. The highest BCUT2D eigenvalue weighted by atomic mass is 16.1. The van der Waals surface area contributed by atoms with Crippen LogP contribution in [0.1, 0.15) is 44.6 Å². The van der Waals surface area contributed by atoms with Crippen molar-refractivity contribution >= 4 is 11.7 Å². The van der Waals surface area contributed by atoms with E-state index in [1.807, 2.05) is 18.3 Å². The summed E-state index contributed by atoms with van der Waals surface area (Å²) in [5, 5.41) is 6.36. The first-order valence-corrected chi connectivity index (χ1v) is 7.65. The zero-order valence-corrected chi connectivity index (χ0v) is 12.1. The maximum Gasteiger partial charge on any atom is 0.222 e. The number of pyridine rings is 1. The standard InChI is InChI=1S/C16H23N3O/c1-11(20)19-16-5-4-14(10-18-16)9-17-15-7-12-2-3-13(6-12)8-15/h4-5,10,12-13,15,17H,2-3,6-9H2,1H3,(H,18,19,20)/t12-,13+,15?. The molecule has 0 radical (unpaired) electrons. The fourth-order valence-corrected chi connectivity index (χ4v) is 3.72. The molecule has 3 atom stereocenters. The molecule has 2 fully saturated rings. The van der Waals surface area contributed by atoms with Crippen molar-refractivity contribution in [3.8, 4) is 0 Å². The number of hydrogen-bond donors (Lipinski definition) is 2. The Balaban J connectivity index is 1.49. The minimum atomic E-state index is -0.0824. The van der Waals surface area contributed by atoms with Gasteiger partial charge in [-0.15, -0.1) is 0 Å². The normalized spacial score (nSPS) is 28.4. The topological polar surface area (TPSA) is 54.0 Å². The molecule has 1 aromatic rings. The van der Waals surface area contributed by atoms with Crippen LogP contribution in [0.3, 0.4) is 0 Å². The third-order valence-electron chi connectivity index (χ3n) is 4.61. The molecule has 1 heterocycles. The first-order valence-electron chi connectivity index (χ1n) is 7.65. The summed E-state index contributed by atoms with van der Waals surface area (Å²) in [6, 6.07) is 4.57. The van der Waals surface area contributed by atoms with E-state index in [1.54, 1.807) is 0 Å². The SMILES string of the molecule is CC(=O)Nc1ccc(CNC2C[C@H]3CC[C@@H](C2)C3)cn1. The lowest BCUT2D eigenvalue weighted by Crippen LogP contribution is -2.34. The molecule has 2 N–H and O–H groups in total. The third-order valence-corrected chi connectivity index (χ3v) is 4.61. The van der Waals surface area contributed by atoms with Gasteiger partial charge in [0.05, 0.1) is 0 Å². The largest absolute Gasteiger partial charge is 0.311 e. The minimum absolute atomic E-state index is 0.0824. The molecule has 1 unspecified atom stereocenters. The molecule has 2 bridgehead atoms. The van der Waals surface area contributed by atoms with Gasteiger partial charge in [0.25, 0.3) is 0 Å². The van der Waals surface area contributed by atoms with Gasteiger partial charge in [0.2, 0.25) is 5.91 Å². The summed E-state index contributed by atoms with van der Waals surface area (Å²) in [6.07, 6.45) is 8.87. The van der Waals surface area contributed by atoms with Crippen molar-refractivity contribution in [3.05, 3.63) is 23.9 Å². The van der Waals surface area contributed by atoms with Crippen LogP contribution in [0.15, 0.2) is 18.3 Å². The predicted octanol–water partition coefficient (Wildman–Crippen LogP) is 2.71. The van der Waals surface area contributed by atoms with Crippen molar-refractivity contribution in [2.45, 2.75) is 51.6 Å². The van der Waals surface area contributed by atoms with Crippen LogP contribution in [0.4, 0.5) is 5.82 Å². The number of aromatic nitrogens is 1. The molecule has 4 heteroatoms. The Kier molecular flexibility index (Phi) is 4.01. The van der Waals surface area contributed by atoms with Crippen molar-refractivity contribution in [1.29, 1.82) is 0 Å². The molecule has 0 aliphatic heterocycles. The molecule has 1 amide bonds. The molecule has 2 saturated carbocycles. The Bertz CT molecular complexity index is 459. The maximum absolute atomic E-state index is 10.9. The van der Waals surface area contributed by atoms with Crippen molar-refractivity contribution in [2.24, 2.45) is 11.8 Å². The number of nitrogens with zero attached hydrogens (tertiary/aromatic N) is 1. The van der Waals surface area contributed by atoms with Gasteiger partial charge in [-0.25, -0.2) is 4.98 Å². The first kappa shape index (κ1) is 13.6. The number of fused-ring (bicyclic) bond motifs is 2. The van der Waals surface area contributed by atoms with Gasteiger partial charge in [-0.3, -0.25) is 4.79 Å². The van der Waals surface area contributed by atoms with Gasteiger partial charge in [0.15, 0.2) is 0 Å². The number of rotatable bonds is 4. The first-order chi connectivity index (χ1) is 9.69. The smallest absolute Gasteiger partial charge is 0.222 e. The lowest BCUT2D eigenvalue weighted by atomic mass is 9.85. The summed E-state index contributed by atoms with van der Waals surface area (Å²) < 4.78 is 0. The zero-order valence-electron chi connectivity index (χ0n) is 12.1. The molecule has 3 rings (SSSR count). The van der Waals surface area contributed by atoms with Crippen LogP contribution < -0.4 is 10.6 Å². The molecule has 1 aromatic heterocycles. The number of amides is 1. The number of carbonyl (C=O) groups is 1. The van der Waals surface area contributed by atoms with Crippen LogP contribution >= 0.6 is 0 Å². The molecule has 108 valence electrons. The molecule has 2 aliphatic rings. The van der Waals surface area contributed by atoms with Crippen LogP contribution in [0.25, 0.3) is 0 Å². The second kappa shape index (κ2) is 5.92. The Hall–Kier alpha value is -1.42. The average molecular weight is 273 g/mol. The minimum Gasteiger partial charge on any atom is -0.311 e. The van der Waals surface area contributed by atoms with Gasteiger partial charge in [0, 0.05) is 25.7 Å². The highest BCUT2D eigenvalue weighted by Gasteiger charge is 2.33. The van der Waals surface area contributed by atoms with Gasteiger partial charge < -0.3 is 10.6 Å². The van der Waals surface area contributed by atoms with E-state index in [2.05, 4.69) is 15.6 Å². The molecule has 0 saturated heterocycles. The lowest BCUT2D eigenvalue weighted by Gasteiger charge is -2.28. The second-order valence-corrected chi connectivity index (χ2v) is 6.33. The molecule has 2 aliphatic carbocycles. The molecular formula is C16H23N3O. The summed E-state index contributed by atoms with van der Waals surface area (Å²) in [4.78, 5) is 15.2. The predicted molar refractivity (Wildman–Crippen MR) is 79.2 cm³/mol. The van der Waals surface area contributed by atoms with E-state index in [4.69, 9.17) is 0 Å². The Morgan fingerprint density at radius 2 is 2.00 bits per heavy atom. The third kappa shape index (κ3) is 3.37. The summed E-state index contributed by atoms with van der Waals surface area (Å²) in [5.41, 5.74) is 1.18. The van der Waals surface area contributed by atoms with Crippen LogP contribution in [-0.2, 0) is 11.3 Å². The Morgan fingerprint density at radius 1 is 1.25 bits per heavy atom. The van der Waals surface area contributed by atoms with Gasteiger partial charge in [-0.1, -0.05) is 18.9 Å². The Morgan fingerprint density at radius 3 is 2.60 bits per heavy atom. The average Bonchev–Trinajstić information content (AvgIpc) is 2.76. The van der Waals surface area contributed by atoms with Crippen molar-refractivity contribution in [2.75, 3.05) is 5.32 Å². The monoisotopic (exact) mass is 273 g/mol. The van der Waals surface area contributed by atoms with E-state index in [1.165, 1.54) is 44.6 Å². The van der Waals surface area contributed by atoms with Crippen molar-refractivity contribution in [1.82, 2.24) is 10.3 Å². The molecule has 0 aromatic carbocycles. The number of anilines is 1. The van der Waals surface area contributed by atoms with E-state index in [0.717, 1.165) is 18.4 Å². The Labute approximate surface area is 120 Å². The van der Waals surface area contributed by atoms with Gasteiger partial charge in [-0.05, 0) is 42.7 Å².